The number of hydrazone groups is 1. The largest absolute Gasteiger partial charge is 0.257 e. The second-order valence-electron chi connectivity index (χ2n) is 9.21. The van der Waals surface area contributed by atoms with Crippen molar-refractivity contribution >= 4 is 43.7 Å². The predicted molar refractivity (Wildman–Crippen MR) is 148 cm³/mol. The summed E-state index contributed by atoms with van der Waals surface area (Å²) in [7, 11) is 0. The van der Waals surface area contributed by atoms with Crippen LogP contribution in [0.25, 0.3) is 32.3 Å². The Balaban J connectivity index is 1.48. The van der Waals surface area contributed by atoms with E-state index in [-0.39, 0.29) is 6.04 Å². The summed E-state index contributed by atoms with van der Waals surface area (Å²) in [6, 6.07) is 45.7. The van der Waals surface area contributed by atoms with Gasteiger partial charge in [-0.1, -0.05) is 109 Å². The molecule has 0 bridgehead atoms. The van der Waals surface area contributed by atoms with Crippen molar-refractivity contribution in [1.29, 1.82) is 0 Å². The summed E-state index contributed by atoms with van der Waals surface area (Å²) in [5.41, 5.74) is 4.81. The first-order valence-corrected chi connectivity index (χ1v) is 12.2. The molecule has 2 nitrogen and oxygen atoms in total. The molecule has 0 saturated carbocycles. The summed E-state index contributed by atoms with van der Waals surface area (Å²) in [5.74, 6) is 0. The summed E-state index contributed by atoms with van der Waals surface area (Å²) in [6.07, 6.45) is 0.848. The molecule has 6 aromatic rings. The van der Waals surface area contributed by atoms with E-state index >= 15 is 0 Å². The average Bonchev–Trinajstić information content (AvgIpc) is 3.36. The van der Waals surface area contributed by atoms with Crippen LogP contribution in [0.5, 0.6) is 0 Å². The number of nitrogens with zero attached hydrogens (tertiary/aromatic N) is 2. The van der Waals surface area contributed by atoms with Gasteiger partial charge in [0.05, 0.1) is 17.4 Å². The highest BCUT2D eigenvalue weighted by Crippen LogP contribution is 2.43. The van der Waals surface area contributed by atoms with E-state index in [1.807, 2.05) is 0 Å². The van der Waals surface area contributed by atoms with Gasteiger partial charge in [-0.25, -0.2) is 0 Å². The molecule has 0 amide bonds. The van der Waals surface area contributed by atoms with Crippen LogP contribution in [0.2, 0.25) is 0 Å². The molecule has 7 rings (SSSR count). The van der Waals surface area contributed by atoms with E-state index in [1.165, 1.54) is 43.4 Å². The zero-order chi connectivity index (χ0) is 23.2. The van der Waals surface area contributed by atoms with Crippen molar-refractivity contribution in [3.8, 4) is 0 Å². The molecule has 0 fully saturated rings. The number of anilines is 1. The molecule has 1 atom stereocenters. The molecule has 1 aliphatic rings. The maximum Gasteiger partial charge on any atom is 0.0843 e. The normalized spacial score (nSPS) is 15.7. The van der Waals surface area contributed by atoms with Crippen LogP contribution < -0.4 is 5.01 Å². The Hall–Kier alpha value is -4.43. The molecular weight excluding hydrogens is 424 g/mol. The van der Waals surface area contributed by atoms with Crippen molar-refractivity contribution in [1.82, 2.24) is 0 Å². The third-order valence-electron chi connectivity index (χ3n) is 7.18. The zero-order valence-corrected chi connectivity index (χ0v) is 19.3. The number of hydrogen-bond acceptors (Lipinski definition) is 2. The SMILES string of the molecule is c1ccc(N2N=C(c3cccc4ccccc34)CC2c2c3ccccc3cc3ccccc23)cc1. The number of rotatable bonds is 3. The first kappa shape index (κ1) is 20.0. The fraction of sp³-hybridized carbons (Fsp3) is 0.0606. The summed E-state index contributed by atoms with van der Waals surface area (Å²) in [5, 5.41) is 15.2. The van der Waals surface area contributed by atoms with E-state index in [1.54, 1.807) is 0 Å². The molecule has 0 aliphatic carbocycles. The second kappa shape index (κ2) is 8.11. The Morgan fingerprint density at radius 2 is 1.11 bits per heavy atom. The van der Waals surface area contributed by atoms with E-state index < -0.39 is 0 Å². The maximum atomic E-state index is 5.30. The Morgan fingerprint density at radius 1 is 0.543 bits per heavy atom. The van der Waals surface area contributed by atoms with Gasteiger partial charge in [0.1, 0.15) is 0 Å². The van der Waals surface area contributed by atoms with Gasteiger partial charge >= 0.3 is 0 Å². The van der Waals surface area contributed by atoms with E-state index in [2.05, 4.69) is 132 Å². The summed E-state index contributed by atoms with van der Waals surface area (Å²) < 4.78 is 0. The quantitative estimate of drug-likeness (QED) is 0.248. The molecular formula is C33H24N2. The molecule has 0 aromatic heterocycles. The molecule has 1 heterocycles. The average molecular weight is 449 g/mol. The van der Waals surface area contributed by atoms with Crippen molar-refractivity contribution < 1.29 is 0 Å². The lowest BCUT2D eigenvalue weighted by Gasteiger charge is -2.26. The van der Waals surface area contributed by atoms with Gasteiger partial charge in [-0.15, -0.1) is 0 Å². The van der Waals surface area contributed by atoms with Crippen molar-refractivity contribution in [2.45, 2.75) is 12.5 Å². The topological polar surface area (TPSA) is 15.6 Å². The number of hydrogen-bond donors (Lipinski definition) is 0. The first-order chi connectivity index (χ1) is 17.4. The summed E-state index contributed by atoms with van der Waals surface area (Å²) in [6.45, 7) is 0. The molecule has 2 heteroatoms. The molecule has 0 radical (unpaired) electrons. The monoisotopic (exact) mass is 448 g/mol. The van der Waals surface area contributed by atoms with Gasteiger partial charge in [0.15, 0.2) is 0 Å². The van der Waals surface area contributed by atoms with E-state index in [9.17, 15) is 0 Å². The number of fused-ring (bicyclic) bond motifs is 3. The van der Waals surface area contributed by atoms with Gasteiger partial charge in [-0.05, 0) is 56.1 Å². The van der Waals surface area contributed by atoms with E-state index in [0.29, 0.717) is 0 Å². The lowest BCUT2D eigenvalue weighted by atomic mass is 9.88. The first-order valence-electron chi connectivity index (χ1n) is 12.2. The minimum atomic E-state index is 0.0994. The van der Waals surface area contributed by atoms with Crippen molar-refractivity contribution in [3.05, 3.63) is 139 Å². The number of benzene rings is 6. The van der Waals surface area contributed by atoms with Gasteiger partial charge in [0, 0.05) is 12.0 Å². The van der Waals surface area contributed by atoms with Crippen molar-refractivity contribution in [2.24, 2.45) is 5.10 Å². The molecule has 35 heavy (non-hydrogen) atoms. The molecule has 1 unspecified atom stereocenters. The van der Waals surface area contributed by atoms with Crippen LogP contribution >= 0.6 is 0 Å². The second-order valence-corrected chi connectivity index (χ2v) is 9.21. The summed E-state index contributed by atoms with van der Waals surface area (Å²) in [4.78, 5) is 0. The van der Waals surface area contributed by atoms with Crippen LogP contribution in [-0.2, 0) is 0 Å². The van der Waals surface area contributed by atoms with Crippen LogP contribution in [-0.4, -0.2) is 5.71 Å². The lowest BCUT2D eigenvalue weighted by Crippen LogP contribution is -2.19. The highest BCUT2D eigenvalue weighted by molar-refractivity contribution is 6.13. The van der Waals surface area contributed by atoms with Gasteiger partial charge in [-0.2, -0.15) is 5.10 Å². The molecule has 0 saturated heterocycles. The van der Waals surface area contributed by atoms with Crippen LogP contribution in [0.3, 0.4) is 0 Å². The Kier molecular flexibility index (Phi) is 4.63. The molecule has 0 spiro atoms. The fourth-order valence-electron chi connectivity index (χ4n) is 5.60. The van der Waals surface area contributed by atoms with Crippen LogP contribution in [0.1, 0.15) is 23.6 Å². The van der Waals surface area contributed by atoms with Crippen LogP contribution in [0, 0.1) is 0 Å². The summed E-state index contributed by atoms with van der Waals surface area (Å²) >= 11 is 0. The Labute approximate surface area is 204 Å². The minimum absolute atomic E-state index is 0.0994. The third-order valence-corrected chi connectivity index (χ3v) is 7.18. The minimum Gasteiger partial charge on any atom is -0.257 e. The third kappa shape index (κ3) is 3.30. The Bertz CT molecular complexity index is 1670. The van der Waals surface area contributed by atoms with Gasteiger partial charge in [0.2, 0.25) is 0 Å². The van der Waals surface area contributed by atoms with Gasteiger partial charge in [0.25, 0.3) is 0 Å². The van der Waals surface area contributed by atoms with E-state index in [4.69, 9.17) is 5.10 Å². The molecule has 1 aliphatic heterocycles. The Morgan fingerprint density at radius 3 is 1.83 bits per heavy atom. The predicted octanol–water partition coefficient (Wildman–Crippen LogP) is 8.50. The van der Waals surface area contributed by atoms with Gasteiger partial charge in [-0.3, -0.25) is 5.01 Å². The smallest absolute Gasteiger partial charge is 0.0843 e. The van der Waals surface area contributed by atoms with Crippen molar-refractivity contribution in [3.63, 3.8) is 0 Å². The fourth-order valence-corrected chi connectivity index (χ4v) is 5.60. The number of para-hydroxylation sites is 1. The standard InChI is InChI=1S/C33H24N2/c1-2-15-26(16-3-1)35-32(22-31(34-35)30-20-10-14-23-11-4-7-17-27(23)30)33-28-18-8-5-12-24(28)21-25-13-6-9-19-29(25)33/h1-21,32H,22H2. The highest BCUT2D eigenvalue weighted by atomic mass is 15.5. The molecule has 0 N–H and O–H groups in total. The molecule has 166 valence electrons. The lowest BCUT2D eigenvalue weighted by molar-refractivity contribution is 0.719. The highest BCUT2D eigenvalue weighted by Gasteiger charge is 2.32. The van der Waals surface area contributed by atoms with Gasteiger partial charge < -0.3 is 0 Å². The van der Waals surface area contributed by atoms with Crippen molar-refractivity contribution in [2.75, 3.05) is 5.01 Å². The maximum absolute atomic E-state index is 5.30. The van der Waals surface area contributed by atoms with Crippen LogP contribution in [0.15, 0.2) is 132 Å². The molecule has 6 aromatic carbocycles. The zero-order valence-electron chi connectivity index (χ0n) is 19.3. The van der Waals surface area contributed by atoms with Crippen LogP contribution in [0.4, 0.5) is 5.69 Å². The van der Waals surface area contributed by atoms with E-state index in [0.717, 1.165) is 17.8 Å².